The van der Waals surface area contributed by atoms with E-state index < -0.39 is 5.91 Å². The number of carbonyl (C=O) groups is 1. The summed E-state index contributed by atoms with van der Waals surface area (Å²) in [5.41, 5.74) is 1.32. The summed E-state index contributed by atoms with van der Waals surface area (Å²) in [6, 6.07) is 16.2. The van der Waals surface area contributed by atoms with E-state index in [-0.39, 0.29) is 5.57 Å². The van der Waals surface area contributed by atoms with Crippen molar-refractivity contribution in [1.82, 2.24) is 0 Å². The van der Waals surface area contributed by atoms with Crippen molar-refractivity contribution in [2.75, 3.05) is 19.0 Å². The van der Waals surface area contributed by atoms with Crippen LogP contribution in [-0.4, -0.2) is 19.6 Å². The Bertz CT molecular complexity index is 792. The molecule has 0 heterocycles. The first-order valence-electron chi connectivity index (χ1n) is 7.97. The highest BCUT2D eigenvalue weighted by Gasteiger charge is 2.11. The van der Waals surface area contributed by atoms with Gasteiger partial charge < -0.3 is 14.8 Å². The minimum atomic E-state index is -0.459. The van der Waals surface area contributed by atoms with Crippen molar-refractivity contribution < 1.29 is 14.3 Å². The standard InChI is InChI=1S/C20H20N2O3/c1-3-11-25-18-10-9-15(13-19(18)24-2)12-16(14-21)20(23)22-17-7-5-4-6-8-17/h4-10,12-13H,3,11H2,1-2H3,(H,22,23)/b16-12-. The molecule has 2 aromatic rings. The van der Waals surface area contributed by atoms with Crippen LogP contribution in [0, 0.1) is 11.3 Å². The Morgan fingerprint density at radius 1 is 1.20 bits per heavy atom. The summed E-state index contributed by atoms with van der Waals surface area (Å²) in [7, 11) is 1.55. The molecule has 25 heavy (non-hydrogen) atoms. The highest BCUT2D eigenvalue weighted by molar-refractivity contribution is 6.09. The van der Waals surface area contributed by atoms with Gasteiger partial charge in [-0.15, -0.1) is 0 Å². The number of carbonyl (C=O) groups excluding carboxylic acids is 1. The number of ether oxygens (including phenoxy) is 2. The van der Waals surface area contributed by atoms with Crippen LogP contribution in [0.15, 0.2) is 54.1 Å². The summed E-state index contributed by atoms with van der Waals surface area (Å²) in [6.45, 7) is 2.61. The zero-order valence-electron chi connectivity index (χ0n) is 14.3. The van der Waals surface area contributed by atoms with Crippen LogP contribution >= 0.6 is 0 Å². The first-order chi connectivity index (χ1) is 12.2. The Hall–Kier alpha value is -3.26. The average molecular weight is 336 g/mol. The third-order valence-corrected chi connectivity index (χ3v) is 3.36. The molecule has 128 valence electrons. The summed E-state index contributed by atoms with van der Waals surface area (Å²) in [6.07, 6.45) is 2.41. The molecule has 0 spiro atoms. The number of anilines is 1. The number of amides is 1. The second-order valence-electron chi connectivity index (χ2n) is 5.25. The molecule has 0 atom stereocenters. The summed E-state index contributed by atoms with van der Waals surface area (Å²) in [4.78, 5) is 12.3. The highest BCUT2D eigenvalue weighted by Crippen LogP contribution is 2.29. The maximum absolute atomic E-state index is 12.3. The van der Waals surface area contributed by atoms with Gasteiger partial charge in [0.2, 0.25) is 0 Å². The van der Waals surface area contributed by atoms with Crippen molar-refractivity contribution >= 4 is 17.7 Å². The normalized spacial score (nSPS) is 10.7. The molecule has 5 heteroatoms. The molecule has 2 aromatic carbocycles. The fourth-order valence-electron chi connectivity index (χ4n) is 2.14. The van der Waals surface area contributed by atoms with E-state index in [0.29, 0.717) is 29.4 Å². The number of methoxy groups -OCH3 is 1. The Labute approximate surface area is 147 Å². The van der Waals surface area contributed by atoms with Gasteiger partial charge in [-0.1, -0.05) is 31.2 Å². The predicted octanol–water partition coefficient (Wildman–Crippen LogP) is 4.03. The zero-order chi connectivity index (χ0) is 18.1. The molecule has 0 saturated carbocycles. The molecule has 0 aromatic heterocycles. The quantitative estimate of drug-likeness (QED) is 0.612. The van der Waals surface area contributed by atoms with Crippen LogP contribution in [0.25, 0.3) is 6.08 Å². The SMILES string of the molecule is CCCOc1ccc(/C=C(/C#N)C(=O)Nc2ccccc2)cc1OC. The molecule has 0 aliphatic carbocycles. The van der Waals surface area contributed by atoms with Crippen LogP contribution in [0.1, 0.15) is 18.9 Å². The number of hydrogen-bond acceptors (Lipinski definition) is 4. The second-order valence-corrected chi connectivity index (χ2v) is 5.25. The number of nitriles is 1. The lowest BCUT2D eigenvalue weighted by Crippen LogP contribution is -2.13. The van der Waals surface area contributed by atoms with E-state index in [9.17, 15) is 10.1 Å². The van der Waals surface area contributed by atoms with E-state index in [1.807, 2.05) is 31.2 Å². The van der Waals surface area contributed by atoms with Crippen LogP contribution in [0.4, 0.5) is 5.69 Å². The van der Waals surface area contributed by atoms with Crippen molar-refractivity contribution in [3.05, 3.63) is 59.7 Å². The summed E-state index contributed by atoms with van der Waals surface area (Å²) < 4.78 is 10.9. The van der Waals surface area contributed by atoms with Crippen LogP contribution in [0.2, 0.25) is 0 Å². The van der Waals surface area contributed by atoms with Gasteiger partial charge in [0.1, 0.15) is 11.6 Å². The first-order valence-corrected chi connectivity index (χ1v) is 7.97. The Morgan fingerprint density at radius 3 is 2.60 bits per heavy atom. The number of rotatable bonds is 7. The molecule has 0 aliphatic rings. The largest absolute Gasteiger partial charge is 0.493 e. The number of para-hydroxylation sites is 1. The highest BCUT2D eigenvalue weighted by atomic mass is 16.5. The summed E-state index contributed by atoms with van der Waals surface area (Å²) in [5, 5.41) is 12.0. The Balaban J connectivity index is 2.21. The summed E-state index contributed by atoms with van der Waals surface area (Å²) in [5.74, 6) is 0.732. The van der Waals surface area contributed by atoms with Gasteiger partial charge >= 0.3 is 0 Å². The topological polar surface area (TPSA) is 71.3 Å². The smallest absolute Gasteiger partial charge is 0.266 e. The van der Waals surface area contributed by atoms with E-state index in [4.69, 9.17) is 9.47 Å². The molecule has 0 unspecified atom stereocenters. The number of nitrogens with zero attached hydrogens (tertiary/aromatic N) is 1. The molecule has 0 fully saturated rings. The van der Waals surface area contributed by atoms with Gasteiger partial charge in [-0.05, 0) is 42.3 Å². The first kappa shape index (κ1) is 18.1. The number of benzene rings is 2. The van der Waals surface area contributed by atoms with Crippen LogP contribution in [-0.2, 0) is 4.79 Å². The van der Waals surface area contributed by atoms with Crippen molar-refractivity contribution in [2.45, 2.75) is 13.3 Å². The fraction of sp³-hybridized carbons (Fsp3) is 0.200. The van der Waals surface area contributed by atoms with Gasteiger partial charge in [-0.3, -0.25) is 4.79 Å². The van der Waals surface area contributed by atoms with Crippen molar-refractivity contribution in [2.24, 2.45) is 0 Å². The molecule has 1 amide bonds. The predicted molar refractivity (Wildman–Crippen MR) is 97.4 cm³/mol. The third kappa shape index (κ3) is 5.11. The maximum atomic E-state index is 12.3. The average Bonchev–Trinajstić information content (AvgIpc) is 2.65. The van der Waals surface area contributed by atoms with E-state index in [0.717, 1.165) is 6.42 Å². The lowest BCUT2D eigenvalue weighted by atomic mass is 10.1. The van der Waals surface area contributed by atoms with Gasteiger partial charge in [0.25, 0.3) is 5.91 Å². The molecule has 5 nitrogen and oxygen atoms in total. The van der Waals surface area contributed by atoms with Crippen molar-refractivity contribution in [3.8, 4) is 17.6 Å². The molecular formula is C20H20N2O3. The lowest BCUT2D eigenvalue weighted by Gasteiger charge is -2.10. The molecular weight excluding hydrogens is 316 g/mol. The second kappa shape index (κ2) is 9.14. The maximum Gasteiger partial charge on any atom is 0.266 e. The molecule has 2 rings (SSSR count). The van der Waals surface area contributed by atoms with Crippen molar-refractivity contribution in [1.29, 1.82) is 5.26 Å². The molecule has 0 bridgehead atoms. The van der Waals surface area contributed by atoms with E-state index >= 15 is 0 Å². The van der Waals surface area contributed by atoms with Gasteiger partial charge in [-0.2, -0.15) is 5.26 Å². The molecule has 0 saturated heterocycles. The van der Waals surface area contributed by atoms with E-state index in [1.54, 1.807) is 37.4 Å². The van der Waals surface area contributed by atoms with Gasteiger partial charge in [0, 0.05) is 5.69 Å². The van der Waals surface area contributed by atoms with E-state index in [2.05, 4.69) is 5.32 Å². The van der Waals surface area contributed by atoms with Gasteiger partial charge in [-0.25, -0.2) is 0 Å². The monoisotopic (exact) mass is 336 g/mol. The minimum absolute atomic E-state index is 0.00753. The Kier molecular flexibility index (Phi) is 6.61. The van der Waals surface area contributed by atoms with Crippen LogP contribution in [0.3, 0.4) is 0 Å². The van der Waals surface area contributed by atoms with Crippen LogP contribution < -0.4 is 14.8 Å². The Morgan fingerprint density at radius 2 is 1.96 bits per heavy atom. The zero-order valence-corrected chi connectivity index (χ0v) is 14.3. The van der Waals surface area contributed by atoms with Gasteiger partial charge in [0.05, 0.1) is 13.7 Å². The number of nitrogens with one attached hydrogen (secondary N) is 1. The fourth-order valence-corrected chi connectivity index (χ4v) is 2.14. The van der Waals surface area contributed by atoms with Crippen LogP contribution in [0.5, 0.6) is 11.5 Å². The summed E-state index contributed by atoms with van der Waals surface area (Å²) >= 11 is 0. The number of hydrogen-bond donors (Lipinski definition) is 1. The van der Waals surface area contributed by atoms with Gasteiger partial charge in [0.15, 0.2) is 11.5 Å². The van der Waals surface area contributed by atoms with E-state index in [1.165, 1.54) is 6.08 Å². The molecule has 0 radical (unpaired) electrons. The molecule has 1 N–H and O–H groups in total. The lowest BCUT2D eigenvalue weighted by molar-refractivity contribution is -0.112. The molecule has 0 aliphatic heterocycles. The van der Waals surface area contributed by atoms with Crippen molar-refractivity contribution in [3.63, 3.8) is 0 Å². The third-order valence-electron chi connectivity index (χ3n) is 3.36. The minimum Gasteiger partial charge on any atom is -0.493 e.